The van der Waals surface area contributed by atoms with Crippen LogP contribution in [0.15, 0.2) is 36.7 Å². The number of aromatic amines is 1. The number of hydrogen-bond acceptors (Lipinski definition) is 2. The van der Waals surface area contributed by atoms with Crippen molar-refractivity contribution in [1.29, 1.82) is 0 Å². The zero-order valence-corrected chi connectivity index (χ0v) is 14.8. The SMILES string of the molecule is Cc1cnc(C)n1C1CCCN(C(=O)Cc2c[nH]c3ccccc23)C1. The van der Waals surface area contributed by atoms with E-state index in [0.717, 1.165) is 48.2 Å². The number of H-pyrrole nitrogens is 1. The molecule has 4 rings (SSSR count). The first-order valence-electron chi connectivity index (χ1n) is 8.96. The molecule has 1 fully saturated rings. The molecule has 3 heterocycles. The molecular formula is C20H24N4O. The van der Waals surface area contributed by atoms with E-state index in [-0.39, 0.29) is 5.91 Å². The molecule has 1 N–H and O–H groups in total. The highest BCUT2D eigenvalue weighted by Crippen LogP contribution is 2.26. The minimum atomic E-state index is 0.213. The Labute approximate surface area is 147 Å². The van der Waals surface area contributed by atoms with Crippen LogP contribution in [0.25, 0.3) is 10.9 Å². The third-order valence-electron chi connectivity index (χ3n) is 5.30. The van der Waals surface area contributed by atoms with Gasteiger partial charge in [0.2, 0.25) is 5.91 Å². The molecule has 0 aliphatic carbocycles. The van der Waals surface area contributed by atoms with E-state index in [1.165, 1.54) is 5.69 Å². The maximum absolute atomic E-state index is 12.9. The minimum Gasteiger partial charge on any atom is -0.361 e. The summed E-state index contributed by atoms with van der Waals surface area (Å²) in [5.41, 5.74) is 3.35. The fraction of sp³-hybridized carbons (Fsp3) is 0.400. The summed E-state index contributed by atoms with van der Waals surface area (Å²) in [6, 6.07) is 8.49. The van der Waals surface area contributed by atoms with Gasteiger partial charge < -0.3 is 14.5 Å². The van der Waals surface area contributed by atoms with Gasteiger partial charge in [0.05, 0.1) is 12.5 Å². The summed E-state index contributed by atoms with van der Waals surface area (Å²) in [6.45, 7) is 5.76. The smallest absolute Gasteiger partial charge is 0.227 e. The summed E-state index contributed by atoms with van der Waals surface area (Å²) >= 11 is 0. The summed E-state index contributed by atoms with van der Waals surface area (Å²) in [6.07, 6.45) is 6.49. The van der Waals surface area contributed by atoms with Crippen LogP contribution in [0.2, 0.25) is 0 Å². The molecule has 2 aromatic heterocycles. The Morgan fingerprint density at radius 3 is 2.96 bits per heavy atom. The van der Waals surface area contributed by atoms with Crippen LogP contribution in [-0.2, 0) is 11.2 Å². The number of nitrogens with one attached hydrogen (secondary N) is 1. The molecule has 1 aromatic carbocycles. The number of amides is 1. The zero-order chi connectivity index (χ0) is 17.4. The lowest BCUT2D eigenvalue weighted by Crippen LogP contribution is -2.41. The number of carbonyl (C=O) groups is 1. The van der Waals surface area contributed by atoms with Gasteiger partial charge in [0.25, 0.3) is 0 Å². The maximum atomic E-state index is 12.9. The van der Waals surface area contributed by atoms with E-state index >= 15 is 0 Å². The molecule has 3 aromatic rings. The molecule has 0 radical (unpaired) electrons. The minimum absolute atomic E-state index is 0.213. The Hall–Kier alpha value is -2.56. The second kappa shape index (κ2) is 6.39. The largest absolute Gasteiger partial charge is 0.361 e. The number of aryl methyl sites for hydroxylation is 2. The molecule has 0 saturated carbocycles. The molecule has 25 heavy (non-hydrogen) atoms. The van der Waals surface area contributed by atoms with Crippen LogP contribution in [0, 0.1) is 13.8 Å². The molecule has 130 valence electrons. The van der Waals surface area contributed by atoms with Crippen LogP contribution in [0.3, 0.4) is 0 Å². The van der Waals surface area contributed by atoms with Gasteiger partial charge in [-0.1, -0.05) is 18.2 Å². The number of rotatable bonds is 3. The van der Waals surface area contributed by atoms with E-state index in [0.29, 0.717) is 12.5 Å². The standard InChI is InChI=1S/C20H24N4O/c1-14-11-21-15(2)24(14)17-6-5-9-23(13-17)20(25)10-16-12-22-19-8-4-3-7-18(16)19/h3-4,7-8,11-12,17,22H,5-6,9-10,13H2,1-2H3. The number of aromatic nitrogens is 3. The molecule has 0 bridgehead atoms. The number of likely N-dealkylation sites (tertiary alicyclic amines) is 1. The molecule has 1 saturated heterocycles. The van der Waals surface area contributed by atoms with E-state index in [4.69, 9.17) is 0 Å². The van der Waals surface area contributed by atoms with Gasteiger partial charge in [-0.25, -0.2) is 4.98 Å². The predicted octanol–water partition coefficient (Wildman–Crippen LogP) is 3.39. The number of benzene rings is 1. The maximum Gasteiger partial charge on any atom is 0.227 e. The first-order chi connectivity index (χ1) is 12.1. The van der Waals surface area contributed by atoms with E-state index in [1.807, 2.05) is 42.4 Å². The Kier molecular flexibility index (Phi) is 4.07. The second-order valence-corrected chi connectivity index (χ2v) is 6.99. The fourth-order valence-electron chi connectivity index (χ4n) is 4.06. The first-order valence-corrected chi connectivity index (χ1v) is 8.96. The summed E-state index contributed by atoms with van der Waals surface area (Å²) in [5, 5.41) is 1.14. The van der Waals surface area contributed by atoms with Crippen molar-refractivity contribution >= 4 is 16.8 Å². The number of imidazole rings is 1. The number of nitrogens with zero attached hydrogens (tertiary/aromatic N) is 3. The Morgan fingerprint density at radius 1 is 1.32 bits per heavy atom. The van der Waals surface area contributed by atoms with Crippen molar-refractivity contribution in [3.05, 3.63) is 53.7 Å². The van der Waals surface area contributed by atoms with Gasteiger partial charge in [-0.05, 0) is 38.3 Å². The number of piperidine rings is 1. The summed E-state index contributed by atoms with van der Waals surface area (Å²) in [7, 11) is 0. The number of para-hydroxylation sites is 1. The topological polar surface area (TPSA) is 53.9 Å². The summed E-state index contributed by atoms with van der Waals surface area (Å²) in [4.78, 5) is 22.6. The second-order valence-electron chi connectivity index (χ2n) is 6.99. The molecule has 1 amide bonds. The van der Waals surface area contributed by atoms with Gasteiger partial charge >= 0.3 is 0 Å². The van der Waals surface area contributed by atoms with E-state index < -0.39 is 0 Å². The predicted molar refractivity (Wildman–Crippen MR) is 98.6 cm³/mol. The van der Waals surface area contributed by atoms with Crippen LogP contribution in [-0.4, -0.2) is 38.4 Å². The number of fused-ring (bicyclic) bond motifs is 1. The van der Waals surface area contributed by atoms with Crippen molar-refractivity contribution in [1.82, 2.24) is 19.4 Å². The van der Waals surface area contributed by atoms with Gasteiger partial charge in [0.15, 0.2) is 0 Å². The van der Waals surface area contributed by atoms with Crippen LogP contribution in [0.1, 0.15) is 36.0 Å². The Morgan fingerprint density at radius 2 is 2.16 bits per heavy atom. The van der Waals surface area contributed by atoms with Crippen LogP contribution in [0.4, 0.5) is 0 Å². The molecule has 0 spiro atoms. The number of hydrogen-bond donors (Lipinski definition) is 1. The van der Waals surface area contributed by atoms with Gasteiger partial charge in [-0.15, -0.1) is 0 Å². The van der Waals surface area contributed by atoms with Crippen molar-refractivity contribution < 1.29 is 4.79 Å². The highest BCUT2D eigenvalue weighted by Gasteiger charge is 2.26. The molecule has 1 aliphatic rings. The normalized spacial score (nSPS) is 18.0. The molecule has 1 aliphatic heterocycles. The third kappa shape index (κ3) is 2.95. The average Bonchev–Trinajstić information content (AvgIpc) is 3.18. The van der Waals surface area contributed by atoms with Crippen LogP contribution in [0.5, 0.6) is 0 Å². The first kappa shape index (κ1) is 15.9. The average molecular weight is 336 g/mol. The molecule has 1 atom stereocenters. The molecule has 1 unspecified atom stereocenters. The van der Waals surface area contributed by atoms with Gasteiger partial charge in [-0.3, -0.25) is 4.79 Å². The lowest BCUT2D eigenvalue weighted by molar-refractivity contribution is -0.132. The summed E-state index contributed by atoms with van der Waals surface area (Å²) < 4.78 is 2.28. The fourth-order valence-corrected chi connectivity index (χ4v) is 4.06. The van der Waals surface area contributed by atoms with Gasteiger partial charge in [-0.2, -0.15) is 0 Å². The van der Waals surface area contributed by atoms with E-state index in [1.54, 1.807) is 0 Å². The molecule has 5 heteroatoms. The highest BCUT2D eigenvalue weighted by atomic mass is 16.2. The monoisotopic (exact) mass is 336 g/mol. The van der Waals surface area contributed by atoms with Crippen molar-refractivity contribution in [3.63, 3.8) is 0 Å². The highest BCUT2D eigenvalue weighted by molar-refractivity contribution is 5.88. The zero-order valence-electron chi connectivity index (χ0n) is 14.8. The van der Waals surface area contributed by atoms with Crippen LogP contribution >= 0.6 is 0 Å². The van der Waals surface area contributed by atoms with Crippen molar-refractivity contribution in [2.24, 2.45) is 0 Å². The van der Waals surface area contributed by atoms with E-state index in [2.05, 4.69) is 27.5 Å². The Balaban J connectivity index is 1.50. The van der Waals surface area contributed by atoms with Gasteiger partial charge in [0.1, 0.15) is 5.82 Å². The van der Waals surface area contributed by atoms with Crippen LogP contribution < -0.4 is 0 Å². The molecular weight excluding hydrogens is 312 g/mol. The van der Waals surface area contributed by atoms with Crippen molar-refractivity contribution in [2.45, 2.75) is 39.2 Å². The lowest BCUT2D eigenvalue weighted by atomic mass is 10.0. The summed E-state index contributed by atoms with van der Waals surface area (Å²) in [5.74, 6) is 1.25. The van der Waals surface area contributed by atoms with Crippen molar-refractivity contribution in [3.8, 4) is 0 Å². The number of carbonyl (C=O) groups excluding carboxylic acids is 1. The van der Waals surface area contributed by atoms with Crippen molar-refractivity contribution in [2.75, 3.05) is 13.1 Å². The third-order valence-corrected chi connectivity index (χ3v) is 5.30. The van der Waals surface area contributed by atoms with Gasteiger partial charge in [0, 0.05) is 42.1 Å². The Bertz CT molecular complexity index is 888. The quantitative estimate of drug-likeness (QED) is 0.797. The van der Waals surface area contributed by atoms with E-state index in [9.17, 15) is 4.79 Å². The molecule has 5 nitrogen and oxygen atoms in total. The lowest BCUT2D eigenvalue weighted by Gasteiger charge is -2.34.